The highest BCUT2D eigenvalue weighted by Gasteiger charge is 2.07. The molecule has 7 nitrogen and oxygen atoms in total. The Morgan fingerprint density at radius 2 is 1.52 bits per heavy atom. The zero-order valence-corrected chi connectivity index (χ0v) is 17.1. The van der Waals surface area contributed by atoms with E-state index < -0.39 is 0 Å². The third-order valence-corrected chi connectivity index (χ3v) is 4.08. The lowest BCUT2D eigenvalue weighted by atomic mass is 10.1. The predicted octanol–water partition coefficient (Wildman–Crippen LogP) is 2.22. The molecule has 0 aliphatic heterocycles. The molecule has 0 radical (unpaired) electrons. The molecule has 152 valence electrons. The van der Waals surface area contributed by atoms with E-state index >= 15 is 0 Å². The molecule has 2 N–H and O–H groups in total. The van der Waals surface area contributed by atoms with Gasteiger partial charge in [-0.25, -0.2) is 0 Å². The normalized spacial score (nSPS) is 10.5. The number of anilines is 2. The lowest BCUT2D eigenvalue weighted by molar-refractivity contribution is -0.121. The molecule has 3 amide bonds. The first-order chi connectivity index (χ1) is 13.8. The average molecular weight is 394 g/mol. The number of hydrogen-bond acceptors (Lipinski definition) is 4. The van der Waals surface area contributed by atoms with Crippen LogP contribution >= 0.6 is 0 Å². The first-order valence-electron chi connectivity index (χ1n) is 9.11. The van der Waals surface area contributed by atoms with Crippen molar-refractivity contribution in [2.24, 2.45) is 0 Å². The van der Waals surface area contributed by atoms with Crippen molar-refractivity contribution in [1.82, 2.24) is 10.2 Å². The summed E-state index contributed by atoms with van der Waals surface area (Å²) in [6.45, 7) is -0.130. The van der Waals surface area contributed by atoms with Gasteiger partial charge in [0.25, 0.3) is 5.91 Å². The van der Waals surface area contributed by atoms with Gasteiger partial charge in [0.15, 0.2) is 0 Å². The molecule has 2 rings (SSSR count). The standard InChI is InChI=1S/C22H26N4O3/c1-25(2)19-12-10-18(11-13-19)24-21(28)15-23-20(27)14-7-16-5-8-17(9-6-16)22(29)26(3)4/h5-14H,15H2,1-4H3,(H,23,27)(H,24,28)/b14-7+. The second-order valence-electron chi connectivity index (χ2n) is 6.86. The number of hydrogen-bond donors (Lipinski definition) is 2. The summed E-state index contributed by atoms with van der Waals surface area (Å²) in [5.74, 6) is -0.770. The Labute approximate surface area is 171 Å². The predicted molar refractivity (Wildman–Crippen MR) is 116 cm³/mol. The van der Waals surface area contributed by atoms with Crippen LogP contribution in [0.4, 0.5) is 11.4 Å². The highest BCUT2D eigenvalue weighted by molar-refractivity contribution is 5.98. The summed E-state index contributed by atoms with van der Waals surface area (Å²) in [4.78, 5) is 39.2. The third kappa shape index (κ3) is 6.80. The van der Waals surface area contributed by atoms with Gasteiger partial charge in [-0.1, -0.05) is 12.1 Å². The molecule has 2 aromatic rings. The van der Waals surface area contributed by atoms with Crippen molar-refractivity contribution in [1.29, 1.82) is 0 Å². The largest absolute Gasteiger partial charge is 0.378 e. The maximum atomic E-state index is 12.0. The van der Waals surface area contributed by atoms with E-state index in [2.05, 4.69) is 10.6 Å². The monoisotopic (exact) mass is 394 g/mol. The molecule has 0 unspecified atom stereocenters. The smallest absolute Gasteiger partial charge is 0.253 e. The Balaban J connectivity index is 1.81. The molecule has 0 bridgehead atoms. The fraction of sp³-hybridized carbons (Fsp3) is 0.227. The fourth-order valence-electron chi connectivity index (χ4n) is 2.44. The van der Waals surface area contributed by atoms with Gasteiger partial charge in [0, 0.05) is 51.2 Å². The van der Waals surface area contributed by atoms with Crippen LogP contribution in [0.5, 0.6) is 0 Å². The minimum Gasteiger partial charge on any atom is -0.378 e. The van der Waals surface area contributed by atoms with E-state index in [4.69, 9.17) is 0 Å². The Morgan fingerprint density at radius 1 is 0.897 bits per heavy atom. The zero-order valence-electron chi connectivity index (χ0n) is 17.1. The summed E-state index contributed by atoms with van der Waals surface area (Å²) in [6, 6.07) is 14.3. The van der Waals surface area contributed by atoms with Crippen molar-refractivity contribution in [3.63, 3.8) is 0 Å². The van der Waals surface area contributed by atoms with Crippen molar-refractivity contribution in [2.75, 3.05) is 45.0 Å². The quantitative estimate of drug-likeness (QED) is 0.706. The molecule has 0 aliphatic carbocycles. The number of amides is 3. The first-order valence-corrected chi connectivity index (χ1v) is 9.11. The minimum atomic E-state index is -0.378. The fourth-order valence-corrected chi connectivity index (χ4v) is 2.44. The third-order valence-electron chi connectivity index (χ3n) is 4.08. The molecule has 0 aliphatic rings. The summed E-state index contributed by atoms with van der Waals surface area (Å²) in [5, 5.41) is 5.27. The molecule has 2 aromatic carbocycles. The van der Waals surface area contributed by atoms with Crippen LogP contribution in [0, 0.1) is 0 Å². The summed E-state index contributed by atoms with van der Waals surface area (Å²) in [5.41, 5.74) is 3.05. The number of carbonyl (C=O) groups is 3. The van der Waals surface area contributed by atoms with Crippen LogP contribution in [0.25, 0.3) is 6.08 Å². The van der Waals surface area contributed by atoms with Crippen LogP contribution in [0.15, 0.2) is 54.6 Å². The molecule has 7 heteroatoms. The number of rotatable bonds is 7. The molecule has 0 fully saturated rings. The highest BCUT2D eigenvalue weighted by atomic mass is 16.2. The Morgan fingerprint density at radius 3 is 2.07 bits per heavy atom. The molecule has 0 heterocycles. The van der Waals surface area contributed by atoms with Gasteiger partial charge in [-0.3, -0.25) is 14.4 Å². The molecule has 0 atom stereocenters. The van der Waals surface area contributed by atoms with Gasteiger partial charge in [0.05, 0.1) is 6.54 Å². The van der Waals surface area contributed by atoms with Crippen molar-refractivity contribution < 1.29 is 14.4 Å². The number of carbonyl (C=O) groups excluding carboxylic acids is 3. The second kappa shape index (κ2) is 10.1. The Kier molecular flexibility index (Phi) is 7.54. The number of benzene rings is 2. The summed E-state index contributed by atoms with van der Waals surface area (Å²) < 4.78 is 0. The SMILES string of the molecule is CN(C)C(=O)c1ccc(/C=C/C(=O)NCC(=O)Nc2ccc(N(C)C)cc2)cc1. The molecule has 0 saturated heterocycles. The summed E-state index contributed by atoms with van der Waals surface area (Å²) in [7, 11) is 7.26. The van der Waals surface area contributed by atoms with Crippen molar-refractivity contribution in [3.8, 4) is 0 Å². The maximum absolute atomic E-state index is 12.0. The van der Waals surface area contributed by atoms with E-state index in [1.165, 1.54) is 11.0 Å². The molecule has 0 spiro atoms. The van der Waals surface area contributed by atoms with E-state index in [9.17, 15) is 14.4 Å². The van der Waals surface area contributed by atoms with Crippen molar-refractivity contribution in [3.05, 3.63) is 65.7 Å². The van der Waals surface area contributed by atoms with E-state index in [0.29, 0.717) is 11.3 Å². The van der Waals surface area contributed by atoms with Gasteiger partial charge >= 0.3 is 0 Å². The first kappa shape index (κ1) is 21.7. The molecule has 29 heavy (non-hydrogen) atoms. The van der Waals surface area contributed by atoms with Crippen LogP contribution in [-0.2, 0) is 9.59 Å². The van der Waals surface area contributed by atoms with E-state index in [1.54, 1.807) is 56.6 Å². The topological polar surface area (TPSA) is 81.8 Å². The van der Waals surface area contributed by atoms with Crippen LogP contribution in [0.2, 0.25) is 0 Å². The lowest BCUT2D eigenvalue weighted by Crippen LogP contribution is -2.31. The van der Waals surface area contributed by atoms with Crippen LogP contribution in [-0.4, -0.2) is 57.4 Å². The Hall–Kier alpha value is -3.61. The van der Waals surface area contributed by atoms with Crippen LogP contribution in [0.1, 0.15) is 15.9 Å². The van der Waals surface area contributed by atoms with Crippen molar-refractivity contribution in [2.45, 2.75) is 0 Å². The van der Waals surface area contributed by atoms with Gasteiger partial charge in [0.2, 0.25) is 11.8 Å². The minimum absolute atomic E-state index is 0.0827. The second-order valence-corrected chi connectivity index (χ2v) is 6.86. The van der Waals surface area contributed by atoms with E-state index in [-0.39, 0.29) is 24.3 Å². The molecule has 0 aromatic heterocycles. The number of nitrogens with zero attached hydrogens (tertiary/aromatic N) is 2. The van der Waals surface area contributed by atoms with Gasteiger partial charge < -0.3 is 20.4 Å². The summed E-state index contributed by atoms with van der Waals surface area (Å²) in [6.07, 6.45) is 2.97. The van der Waals surface area contributed by atoms with Gasteiger partial charge in [-0.05, 0) is 48.0 Å². The van der Waals surface area contributed by atoms with Gasteiger partial charge in [-0.15, -0.1) is 0 Å². The Bertz CT molecular complexity index is 885. The summed E-state index contributed by atoms with van der Waals surface area (Å²) >= 11 is 0. The van der Waals surface area contributed by atoms with Crippen LogP contribution in [0.3, 0.4) is 0 Å². The van der Waals surface area contributed by atoms with Gasteiger partial charge in [-0.2, -0.15) is 0 Å². The molecule has 0 saturated carbocycles. The van der Waals surface area contributed by atoms with E-state index in [0.717, 1.165) is 11.3 Å². The average Bonchev–Trinajstić information content (AvgIpc) is 2.71. The zero-order chi connectivity index (χ0) is 21.4. The van der Waals surface area contributed by atoms with Crippen molar-refractivity contribution >= 4 is 35.2 Å². The molecular formula is C22H26N4O3. The molecular weight excluding hydrogens is 368 g/mol. The lowest BCUT2D eigenvalue weighted by Gasteiger charge is -2.13. The maximum Gasteiger partial charge on any atom is 0.253 e. The highest BCUT2D eigenvalue weighted by Crippen LogP contribution is 2.15. The number of nitrogens with one attached hydrogen (secondary N) is 2. The van der Waals surface area contributed by atoms with E-state index in [1.807, 2.05) is 31.1 Å². The van der Waals surface area contributed by atoms with Gasteiger partial charge in [0.1, 0.15) is 0 Å². The van der Waals surface area contributed by atoms with Crippen LogP contribution < -0.4 is 15.5 Å².